The largest absolute Gasteiger partial charge is 0.458 e. The zero-order chi connectivity index (χ0) is 45.4. The molecule has 0 aromatic heterocycles. The van der Waals surface area contributed by atoms with Gasteiger partial charge in [-0.05, 0) is 99.7 Å². The average molecular weight is 869 g/mol. The lowest BCUT2D eigenvalue weighted by Crippen LogP contribution is -2.75. The molecule has 0 atom stereocenters. The van der Waals surface area contributed by atoms with E-state index in [4.69, 9.17) is 9.47 Å². The zero-order valence-electron chi connectivity index (χ0n) is 38.7. The van der Waals surface area contributed by atoms with Gasteiger partial charge in [0.1, 0.15) is 23.0 Å². The van der Waals surface area contributed by atoms with Gasteiger partial charge in [-0.2, -0.15) is 0 Å². The molecule has 3 aliphatic rings. The maximum atomic E-state index is 7.45. The van der Waals surface area contributed by atoms with E-state index in [2.05, 4.69) is 236 Å². The molecule has 0 spiro atoms. The summed E-state index contributed by atoms with van der Waals surface area (Å²) in [6.45, 7) is 17.7. The third-order valence-electron chi connectivity index (χ3n) is 14.0. The number of rotatable bonds is 7. The Bertz CT molecular complexity index is 3210. The van der Waals surface area contributed by atoms with Crippen LogP contribution in [0.15, 0.2) is 207 Å². The summed E-state index contributed by atoms with van der Waals surface area (Å²) < 4.78 is 14.8. The Labute approximate surface area is 391 Å². The molecule has 0 radical (unpaired) electrons. The number of fused-ring (bicyclic) bond motifs is 5. The molecule has 11 rings (SSSR count). The lowest BCUT2D eigenvalue weighted by molar-refractivity contribution is 0.466. The molecule has 66 heavy (non-hydrogen) atoms. The summed E-state index contributed by atoms with van der Waals surface area (Å²) >= 11 is 0. The van der Waals surface area contributed by atoms with Gasteiger partial charge in [-0.3, -0.25) is 0 Å². The SMILES string of the molecule is C=C/C=C\C=C1/c2c(-c3cc(-c4ccccc4-c4ccccc4)c4c5c3Oc3ccc(C(C)(C)C)cc3B5c3cc(C(C)(C)C)ccc3O4)cccc2[Si]1(c1ccccc1)c1ccccc1. The van der Waals surface area contributed by atoms with E-state index < -0.39 is 8.07 Å². The highest BCUT2D eigenvalue weighted by molar-refractivity contribution is 7.27. The van der Waals surface area contributed by atoms with Crippen LogP contribution in [0.5, 0.6) is 23.0 Å². The highest BCUT2D eigenvalue weighted by Gasteiger charge is 2.54. The van der Waals surface area contributed by atoms with E-state index in [0.29, 0.717) is 0 Å². The third kappa shape index (κ3) is 6.53. The van der Waals surface area contributed by atoms with Crippen LogP contribution in [0.2, 0.25) is 0 Å². The topological polar surface area (TPSA) is 18.5 Å². The molecule has 0 saturated carbocycles. The first kappa shape index (κ1) is 41.6. The quantitative estimate of drug-likeness (QED) is 0.117. The molecule has 8 aromatic carbocycles. The van der Waals surface area contributed by atoms with Crippen LogP contribution >= 0.6 is 0 Å². The number of benzene rings is 8. The summed E-state index contributed by atoms with van der Waals surface area (Å²) in [7, 11) is -2.69. The van der Waals surface area contributed by atoms with Crippen molar-refractivity contribution in [2.75, 3.05) is 0 Å². The lowest BCUT2D eigenvalue weighted by atomic mass is 9.34. The fraction of sp³-hybridized carbons (Fsp3) is 0.129. The van der Waals surface area contributed by atoms with Crippen molar-refractivity contribution in [1.29, 1.82) is 0 Å². The zero-order valence-corrected chi connectivity index (χ0v) is 39.7. The summed E-state index contributed by atoms with van der Waals surface area (Å²) in [5, 5.41) is 5.48. The molecule has 0 bridgehead atoms. The minimum Gasteiger partial charge on any atom is -0.458 e. The van der Waals surface area contributed by atoms with Crippen molar-refractivity contribution < 1.29 is 9.47 Å². The van der Waals surface area contributed by atoms with Gasteiger partial charge < -0.3 is 9.47 Å². The fourth-order valence-electron chi connectivity index (χ4n) is 10.8. The Morgan fingerprint density at radius 3 is 1.53 bits per heavy atom. The maximum Gasteiger partial charge on any atom is 0.260 e. The molecule has 4 heteroatoms. The van der Waals surface area contributed by atoms with E-state index in [1.807, 2.05) is 12.2 Å². The Balaban J connectivity index is 1.27. The molecular weight excluding hydrogens is 816 g/mol. The van der Waals surface area contributed by atoms with Gasteiger partial charge >= 0.3 is 0 Å². The number of hydrogen-bond acceptors (Lipinski definition) is 2. The molecule has 8 aromatic rings. The molecule has 0 saturated heterocycles. The first-order chi connectivity index (χ1) is 32.0. The normalized spacial score (nSPS) is 14.9. The van der Waals surface area contributed by atoms with Gasteiger partial charge in [-0.25, -0.2) is 0 Å². The molecule has 320 valence electrons. The minimum atomic E-state index is -2.69. The van der Waals surface area contributed by atoms with Gasteiger partial charge in [0.05, 0.1) is 0 Å². The predicted octanol–water partition coefficient (Wildman–Crippen LogP) is 12.2. The van der Waals surface area contributed by atoms with Gasteiger partial charge in [0.25, 0.3) is 6.71 Å². The summed E-state index contributed by atoms with van der Waals surface area (Å²) in [5.41, 5.74) is 13.8. The van der Waals surface area contributed by atoms with Crippen molar-refractivity contribution in [3.8, 4) is 56.4 Å². The van der Waals surface area contributed by atoms with E-state index >= 15 is 0 Å². The van der Waals surface area contributed by atoms with Gasteiger partial charge in [-0.15, -0.1) is 0 Å². The van der Waals surface area contributed by atoms with Crippen LogP contribution in [0.25, 0.3) is 38.6 Å². The van der Waals surface area contributed by atoms with E-state index in [1.54, 1.807) is 0 Å². The molecule has 0 N–H and O–H groups in total. The van der Waals surface area contributed by atoms with Crippen molar-refractivity contribution in [2.24, 2.45) is 0 Å². The fourth-order valence-corrected chi connectivity index (χ4v) is 15.8. The number of allylic oxidation sites excluding steroid dienone is 4. The van der Waals surface area contributed by atoms with E-state index in [9.17, 15) is 0 Å². The van der Waals surface area contributed by atoms with E-state index in [-0.39, 0.29) is 17.5 Å². The standard InChI is InChI=1S/C62H53BO2Si/c1-8-9-13-32-55-57-48(31-22-33-56(57)66(55,44-25-16-11-17-26-44)45-27-18-12-19-28-45)50-40-49(47-30-21-20-29-46(47)41-23-14-10-15-24-41)59-58-60(50)65-54-37-35-43(62(5,6)7)39-52(54)63(58)51-38-42(61(2,3)4)34-36-53(51)64-59/h8-40H,1H2,2-7H3/b13-9-,55-32+. The first-order valence-electron chi connectivity index (χ1n) is 23.2. The van der Waals surface area contributed by atoms with Crippen LogP contribution in [0.4, 0.5) is 0 Å². The summed E-state index contributed by atoms with van der Waals surface area (Å²) in [6, 6.07) is 64.9. The molecule has 2 nitrogen and oxygen atoms in total. The van der Waals surface area contributed by atoms with Crippen LogP contribution in [-0.4, -0.2) is 14.8 Å². The molecule has 3 aliphatic heterocycles. The van der Waals surface area contributed by atoms with E-state index in [1.165, 1.54) is 48.4 Å². The second-order valence-electron chi connectivity index (χ2n) is 20.0. The smallest absolute Gasteiger partial charge is 0.260 e. The van der Waals surface area contributed by atoms with Crippen molar-refractivity contribution in [3.63, 3.8) is 0 Å². The first-order valence-corrected chi connectivity index (χ1v) is 25.2. The van der Waals surface area contributed by atoms with Crippen molar-refractivity contribution in [1.82, 2.24) is 0 Å². The molecule has 0 fully saturated rings. The third-order valence-corrected chi connectivity index (χ3v) is 18.9. The van der Waals surface area contributed by atoms with Crippen molar-refractivity contribution in [2.45, 2.75) is 52.4 Å². The van der Waals surface area contributed by atoms with Gasteiger partial charge in [0.2, 0.25) is 0 Å². The van der Waals surface area contributed by atoms with Crippen LogP contribution in [0.3, 0.4) is 0 Å². The second-order valence-corrected chi connectivity index (χ2v) is 23.7. The average Bonchev–Trinajstić information content (AvgIpc) is 3.33. The lowest BCUT2D eigenvalue weighted by Gasteiger charge is -2.47. The summed E-state index contributed by atoms with van der Waals surface area (Å²) in [5.74, 6) is 3.47. The van der Waals surface area contributed by atoms with Gasteiger partial charge in [-0.1, -0.05) is 230 Å². The van der Waals surface area contributed by atoms with Crippen LogP contribution in [0.1, 0.15) is 58.2 Å². The number of ether oxygens (including phenoxy) is 2. The van der Waals surface area contributed by atoms with Crippen LogP contribution in [-0.2, 0) is 10.8 Å². The monoisotopic (exact) mass is 868 g/mol. The Morgan fingerprint density at radius 1 is 0.485 bits per heavy atom. The van der Waals surface area contributed by atoms with E-state index in [0.717, 1.165) is 61.8 Å². The minimum absolute atomic E-state index is 0.0654. The summed E-state index contributed by atoms with van der Waals surface area (Å²) in [6.07, 6.45) is 8.43. The highest BCUT2D eigenvalue weighted by atomic mass is 28.3. The molecule has 0 aliphatic carbocycles. The van der Waals surface area contributed by atoms with Crippen molar-refractivity contribution in [3.05, 3.63) is 223 Å². The van der Waals surface area contributed by atoms with Crippen molar-refractivity contribution >= 4 is 51.9 Å². The van der Waals surface area contributed by atoms with Crippen LogP contribution < -0.4 is 41.4 Å². The molecule has 3 heterocycles. The molecular formula is C62H53BO2Si. The molecule has 0 amide bonds. The molecule has 0 unspecified atom stereocenters. The highest BCUT2D eigenvalue weighted by Crippen LogP contribution is 2.51. The Kier molecular flexibility index (Phi) is 9.94. The Hall–Kier alpha value is -7.14. The van der Waals surface area contributed by atoms with Gasteiger partial charge in [0.15, 0.2) is 8.07 Å². The predicted molar refractivity (Wildman–Crippen MR) is 283 cm³/mol. The second kappa shape index (κ2) is 15.8. The number of hydrogen-bond donors (Lipinski definition) is 0. The van der Waals surface area contributed by atoms with Gasteiger partial charge in [0, 0.05) is 16.6 Å². The Morgan fingerprint density at radius 2 is 0.985 bits per heavy atom. The van der Waals surface area contributed by atoms with Crippen LogP contribution in [0, 0.1) is 0 Å². The maximum absolute atomic E-state index is 7.45. The summed E-state index contributed by atoms with van der Waals surface area (Å²) in [4.78, 5) is 0.